The fourth-order valence-electron chi connectivity index (χ4n) is 3.48. The maximum absolute atomic E-state index is 12.4. The first-order chi connectivity index (χ1) is 14.0. The van der Waals surface area contributed by atoms with E-state index in [1.807, 2.05) is 55.5 Å². The van der Waals surface area contributed by atoms with Crippen molar-refractivity contribution in [2.45, 2.75) is 33.6 Å². The number of rotatable bonds is 7. The molecule has 1 aliphatic heterocycles. The Hall–Kier alpha value is -3.15. The molecule has 0 aromatic heterocycles. The van der Waals surface area contributed by atoms with Crippen molar-refractivity contribution in [1.29, 1.82) is 0 Å². The fraction of sp³-hybridized carbons (Fsp3) is 0.348. The van der Waals surface area contributed by atoms with Gasteiger partial charge in [-0.15, -0.1) is 0 Å². The molecule has 1 fully saturated rings. The Morgan fingerprint density at radius 1 is 1.03 bits per heavy atom. The van der Waals surface area contributed by atoms with Gasteiger partial charge in [-0.25, -0.2) is 5.43 Å². The van der Waals surface area contributed by atoms with Crippen LogP contribution in [0.4, 0.5) is 11.4 Å². The standard InChI is InChI=1S/C23H28N4O2/c1-4-26(5-2)20-12-10-19(11-13-20)23(29)25-24-17(3)18-8-14-21(15-9-18)27-16-6-7-22(27)28/h8-15H,4-7,16H2,1-3H3,(H,25,29)/b24-17-. The van der Waals surface area contributed by atoms with Crippen molar-refractivity contribution in [3.8, 4) is 0 Å². The van der Waals surface area contributed by atoms with Gasteiger partial charge in [-0.2, -0.15) is 5.10 Å². The van der Waals surface area contributed by atoms with Gasteiger partial charge in [0.1, 0.15) is 0 Å². The number of nitrogens with zero attached hydrogens (tertiary/aromatic N) is 3. The number of amides is 2. The summed E-state index contributed by atoms with van der Waals surface area (Å²) < 4.78 is 0. The lowest BCUT2D eigenvalue weighted by Gasteiger charge is -2.20. The van der Waals surface area contributed by atoms with Gasteiger partial charge in [0.05, 0.1) is 5.71 Å². The molecular formula is C23H28N4O2. The van der Waals surface area contributed by atoms with Crippen molar-refractivity contribution in [2.24, 2.45) is 5.10 Å². The molecule has 1 aliphatic rings. The summed E-state index contributed by atoms with van der Waals surface area (Å²) in [7, 11) is 0. The average Bonchev–Trinajstić information content (AvgIpc) is 3.19. The number of carbonyl (C=O) groups excluding carboxylic acids is 2. The van der Waals surface area contributed by atoms with Gasteiger partial charge < -0.3 is 9.80 Å². The van der Waals surface area contributed by atoms with Gasteiger partial charge >= 0.3 is 0 Å². The van der Waals surface area contributed by atoms with Crippen LogP contribution in [0, 0.1) is 0 Å². The summed E-state index contributed by atoms with van der Waals surface area (Å²) in [4.78, 5) is 28.3. The zero-order chi connectivity index (χ0) is 20.8. The van der Waals surface area contributed by atoms with E-state index in [9.17, 15) is 9.59 Å². The number of nitrogens with one attached hydrogen (secondary N) is 1. The zero-order valence-corrected chi connectivity index (χ0v) is 17.3. The van der Waals surface area contributed by atoms with Crippen LogP contribution < -0.4 is 15.2 Å². The predicted octanol–water partition coefficient (Wildman–Crippen LogP) is 3.81. The number of anilines is 2. The lowest BCUT2D eigenvalue weighted by Crippen LogP contribution is -2.23. The summed E-state index contributed by atoms with van der Waals surface area (Å²) in [6.45, 7) is 8.69. The van der Waals surface area contributed by atoms with E-state index in [1.165, 1.54) is 0 Å². The molecule has 1 saturated heterocycles. The molecule has 2 aromatic carbocycles. The van der Waals surface area contributed by atoms with Gasteiger partial charge in [-0.05, 0) is 69.2 Å². The van der Waals surface area contributed by atoms with E-state index >= 15 is 0 Å². The Labute approximate surface area is 172 Å². The lowest BCUT2D eigenvalue weighted by molar-refractivity contribution is -0.117. The highest BCUT2D eigenvalue weighted by molar-refractivity contribution is 6.01. The van der Waals surface area contributed by atoms with Gasteiger partial charge in [0.25, 0.3) is 5.91 Å². The molecule has 2 aromatic rings. The minimum absolute atomic E-state index is 0.169. The molecule has 0 saturated carbocycles. The SMILES string of the molecule is CCN(CC)c1ccc(C(=O)N/N=C(/C)c2ccc(N3CCCC3=O)cc2)cc1. The molecule has 29 heavy (non-hydrogen) atoms. The van der Waals surface area contributed by atoms with Crippen LogP contribution in [-0.2, 0) is 4.79 Å². The van der Waals surface area contributed by atoms with Crippen molar-refractivity contribution in [3.05, 3.63) is 59.7 Å². The van der Waals surface area contributed by atoms with Crippen LogP contribution in [0.25, 0.3) is 0 Å². The molecule has 0 unspecified atom stereocenters. The summed E-state index contributed by atoms with van der Waals surface area (Å²) in [5.41, 5.74) is 6.80. The minimum Gasteiger partial charge on any atom is -0.372 e. The molecule has 0 atom stereocenters. The predicted molar refractivity (Wildman–Crippen MR) is 118 cm³/mol. The van der Waals surface area contributed by atoms with Crippen molar-refractivity contribution < 1.29 is 9.59 Å². The molecule has 0 bridgehead atoms. The summed E-state index contributed by atoms with van der Waals surface area (Å²) in [5.74, 6) is -0.0721. The van der Waals surface area contributed by atoms with Gasteiger partial charge in [-0.3, -0.25) is 9.59 Å². The molecule has 0 radical (unpaired) electrons. The summed E-state index contributed by atoms with van der Waals surface area (Å²) in [6.07, 6.45) is 1.52. The normalized spacial score (nSPS) is 14.2. The second-order valence-corrected chi connectivity index (χ2v) is 7.05. The largest absolute Gasteiger partial charge is 0.372 e. The van der Waals surface area contributed by atoms with Crippen LogP contribution in [0.5, 0.6) is 0 Å². The van der Waals surface area contributed by atoms with Crippen LogP contribution in [-0.4, -0.2) is 37.2 Å². The Kier molecular flexibility index (Phi) is 6.65. The smallest absolute Gasteiger partial charge is 0.271 e. The molecule has 0 spiro atoms. The molecule has 152 valence electrons. The number of benzene rings is 2. The summed E-state index contributed by atoms with van der Waals surface area (Å²) in [5, 5.41) is 4.23. The van der Waals surface area contributed by atoms with E-state index in [1.54, 1.807) is 4.90 Å². The average molecular weight is 393 g/mol. The number of hydrogen-bond donors (Lipinski definition) is 1. The van der Waals surface area contributed by atoms with E-state index in [0.29, 0.717) is 17.7 Å². The highest BCUT2D eigenvalue weighted by Crippen LogP contribution is 2.21. The molecule has 6 nitrogen and oxygen atoms in total. The third kappa shape index (κ3) is 4.83. The first-order valence-corrected chi connectivity index (χ1v) is 10.1. The molecule has 6 heteroatoms. The van der Waals surface area contributed by atoms with E-state index in [0.717, 1.165) is 43.0 Å². The monoisotopic (exact) mass is 392 g/mol. The maximum atomic E-state index is 12.4. The van der Waals surface area contributed by atoms with Crippen LogP contribution in [0.1, 0.15) is 49.5 Å². The molecule has 2 amide bonds. The topological polar surface area (TPSA) is 65.0 Å². The van der Waals surface area contributed by atoms with Crippen LogP contribution in [0.2, 0.25) is 0 Å². The molecular weight excluding hydrogens is 364 g/mol. The van der Waals surface area contributed by atoms with Crippen molar-refractivity contribution in [1.82, 2.24) is 5.43 Å². The zero-order valence-electron chi connectivity index (χ0n) is 17.3. The van der Waals surface area contributed by atoms with Gasteiger partial charge in [0.2, 0.25) is 5.91 Å². The van der Waals surface area contributed by atoms with Crippen molar-refractivity contribution in [2.75, 3.05) is 29.4 Å². The molecule has 3 rings (SSSR count). The van der Waals surface area contributed by atoms with Gasteiger partial charge in [0, 0.05) is 43.0 Å². The Balaban J connectivity index is 1.63. The highest BCUT2D eigenvalue weighted by atomic mass is 16.2. The third-order valence-corrected chi connectivity index (χ3v) is 5.25. The summed E-state index contributed by atoms with van der Waals surface area (Å²) >= 11 is 0. The minimum atomic E-state index is -0.241. The lowest BCUT2D eigenvalue weighted by atomic mass is 10.1. The molecule has 1 N–H and O–H groups in total. The van der Waals surface area contributed by atoms with Crippen LogP contribution in [0.3, 0.4) is 0 Å². The molecule has 0 aliphatic carbocycles. The van der Waals surface area contributed by atoms with E-state index in [2.05, 4.69) is 29.3 Å². The van der Waals surface area contributed by atoms with E-state index in [4.69, 9.17) is 0 Å². The van der Waals surface area contributed by atoms with Gasteiger partial charge in [0.15, 0.2) is 0 Å². The maximum Gasteiger partial charge on any atom is 0.271 e. The molecule has 1 heterocycles. The Morgan fingerprint density at radius 2 is 1.66 bits per heavy atom. The third-order valence-electron chi connectivity index (χ3n) is 5.25. The van der Waals surface area contributed by atoms with Crippen LogP contribution >= 0.6 is 0 Å². The number of carbonyl (C=O) groups is 2. The quantitative estimate of drug-likeness (QED) is 0.576. The Bertz CT molecular complexity index is 884. The Morgan fingerprint density at radius 3 is 2.21 bits per heavy atom. The first-order valence-electron chi connectivity index (χ1n) is 10.1. The second kappa shape index (κ2) is 9.37. The first kappa shape index (κ1) is 20.6. The van der Waals surface area contributed by atoms with Crippen molar-refractivity contribution >= 4 is 28.9 Å². The fourth-order valence-corrected chi connectivity index (χ4v) is 3.48. The highest BCUT2D eigenvalue weighted by Gasteiger charge is 2.21. The van der Waals surface area contributed by atoms with Gasteiger partial charge in [-0.1, -0.05) is 12.1 Å². The second-order valence-electron chi connectivity index (χ2n) is 7.05. The van der Waals surface area contributed by atoms with E-state index < -0.39 is 0 Å². The van der Waals surface area contributed by atoms with Crippen LogP contribution in [0.15, 0.2) is 53.6 Å². The number of hydrazone groups is 1. The van der Waals surface area contributed by atoms with Crippen molar-refractivity contribution in [3.63, 3.8) is 0 Å². The van der Waals surface area contributed by atoms with E-state index in [-0.39, 0.29) is 11.8 Å². The number of hydrogen-bond acceptors (Lipinski definition) is 4. The summed E-state index contributed by atoms with van der Waals surface area (Å²) in [6, 6.07) is 15.2.